The minimum Gasteiger partial charge on any atom is -0.281 e. The van der Waals surface area contributed by atoms with Crippen molar-refractivity contribution in [1.82, 2.24) is 0 Å². The number of benzene rings is 1. The van der Waals surface area contributed by atoms with Gasteiger partial charge in [-0.15, -0.1) is 0 Å². The van der Waals surface area contributed by atoms with Crippen molar-refractivity contribution < 1.29 is 10.0 Å². The lowest BCUT2D eigenvalue weighted by molar-refractivity contribution is -0.118. The molecule has 3 nitrogen and oxygen atoms in total. The van der Waals surface area contributed by atoms with Gasteiger partial charge in [-0.25, -0.2) is 0 Å². The molecule has 0 aliphatic carbocycles. The van der Waals surface area contributed by atoms with Crippen LogP contribution in [-0.4, -0.2) is 11.1 Å². The van der Waals surface area contributed by atoms with Crippen molar-refractivity contribution in [2.75, 3.05) is 5.06 Å². The van der Waals surface area contributed by atoms with Gasteiger partial charge in [-0.2, -0.15) is 5.06 Å². The van der Waals surface area contributed by atoms with Gasteiger partial charge >= 0.3 is 0 Å². The maximum atomic E-state index is 10.9. The summed E-state index contributed by atoms with van der Waals surface area (Å²) in [6.45, 7) is 3.26. The molecule has 0 atom stereocenters. The number of para-hydroxylation sites is 1. The molecular weight excluding hydrogens is 154 g/mol. The van der Waals surface area contributed by atoms with Gasteiger partial charge in [0.1, 0.15) is 0 Å². The molecule has 62 valence electrons. The largest absolute Gasteiger partial charge is 0.281 e. The molecule has 0 saturated carbocycles. The number of carbonyl (C=O) groups is 1. The molecule has 3 heteroatoms. The van der Waals surface area contributed by atoms with Crippen LogP contribution in [0.4, 0.5) is 5.69 Å². The number of carbonyl (C=O) groups excluding carboxylic acids is 1. The van der Waals surface area contributed by atoms with Crippen molar-refractivity contribution >= 4 is 11.6 Å². The molecule has 0 aliphatic rings. The van der Waals surface area contributed by atoms with E-state index in [1.165, 1.54) is 0 Å². The van der Waals surface area contributed by atoms with Gasteiger partial charge in [0, 0.05) is 0 Å². The Balaban J connectivity index is 2.85. The quantitative estimate of drug-likeness (QED) is 0.408. The van der Waals surface area contributed by atoms with Crippen LogP contribution in [0.3, 0.4) is 0 Å². The molecule has 12 heavy (non-hydrogen) atoms. The zero-order valence-corrected chi connectivity index (χ0v) is 6.47. The molecule has 1 aromatic rings. The van der Waals surface area contributed by atoms with Gasteiger partial charge in [-0.3, -0.25) is 10.0 Å². The molecule has 1 N–H and O–H groups in total. The van der Waals surface area contributed by atoms with E-state index in [9.17, 15) is 10.0 Å². The van der Waals surface area contributed by atoms with E-state index in [0.717, 1.165) is 6.08 Å². The summed E-state index contributed by atoms with van der Waals surface area (Å²) < 4.78 is 0. The van der Waals surface area contributed by atoms with E-state index in [1.54, 1.807) is 30.3 Å². The second-order valence-corrected chi connectivity index (χ2v) is 2.19. The number of hydrogen-bond acceptors (Lipinski definition) is 2. The number of hydrogen-bond donors (Lipinski definition) is 1. The highest BCUT2D eigenvalue weighted by Crippen LogP contribution is 2.10. The van der Waals surface area contributed by atoms with Crippen molar-refractivity contribution in [2.45, 2.75) is 0 Å². The highest BCUT2D eigenvalue weighted by atomic mass is 16.5. The molecule has 0 unspecified atom stereocenters. The Labute approximate surface area is 70.5 Å². The highest BCUT2D eigenvalue weighted by Gasteiger charge is 2.07. The lowest BCUT2D eigenvalue weighted by atomic mass is 10.3. The fraction of sp³-hybridized carbons (Fsp3) is 0. The zero-order valence-electron chi connectivity index (χ0n) is 6.47. The van der Waals surface area contributed by atoms with Crippen LogP contribution in [0.5, 0.6) is 0 Å². The van der Waals surface area contributed by atoms with E-state index in [4.69, 9.17) is 0 Å². The number of amides is 1. The summed E-state index contributed by atoms with van der Waals surface area (Å²) >= 11 is 0. The monoisotopic (exact) mass is 163 g/mol. The van der Waals surface area contributed by atoms with Crippen LogP contribution in [0.1, 0.15) is 0 Å². The maximum absolute atomic E-state index is 10.9. The summed E-state index contributed by atoms with van der Waals surface area (Å²) in [5.41, 5.74) is 0.433. The van der Waals surface area contributed by atoms with Gasteiger partial charge < -0.3 is 0 Å². The number of rotatable bonds is 2. The van der Waals surface area contributed by atoms with Gasteiger partial charge in [-0.1, -0.05) is 24.8 Å². The lowest BCUT2D eigenvalue weighted by Gasteiger charge is -2.11. The van der Waals surface area contributed by atoms with Gasteiger partial charge in [-0.05, 0) is 18.2 Å². The summed E-state index contributed by atoms with van der Waals surface area (Å²) in [6.07, 6.45) is 1.05. The molecule has 1 amide bonds. The molecule has 0 bridgehead atoms. The van der Waals surface area contributed by atoms with E-state index < -0.39 is 5.91 Å². The van der Waals surface area contributed by atoms with Crippen LogP contribution in [0.25, 0.3) is 0 Å². The molecule has 0 radical (unpaired) electrons. The second kappa shape index (κ2) is 3.69. The normalized spacial score (nSPS) is 9.08. The van der Waals surface area contributed by atoms with E-state index in [-0.39, 0.29) is 0 Å². The van der Waals surface area contributed by atoms with Crippen LogP contribution in [0.2, 0.25) is 0 Å². The lowest BCUT2D eigenvalue weighted by Crippen LogP contribution is -2.24. The molecule has 0 saturated heterocycles. The first kappa shape index (κ1) is 8.49. The highest BCUT2D eigenvalue weighted by molar-refractivity contribution is 5.98. The van der Waals surface area contributed by atoms with E-state index in [2.05, 4.69) is 6.58 Å². The minimum atomic E-state index is -0.541. The number of anilines is 1. The first-order valence-corrected chi connectivity index (χ1v) is 3.46. The van der Waals surface area contributed by atoms with Crippen LogP contribution in [-0.2, 0) is 4.79 Å². The third-order valence-corrected chi connectivity index (χ3v) is 1.38. The standard InChI is InChI=1S/C9H9NO2/c1-2-9(11)10(12)8-6-4-3-5-7-8/h2-7,12H,1H2. The molecule has 1 aromatic carbocycles. The Morgan fingerprint density at radius 3 is 2.50 bits per heavy atom. The third kappa shape index (κ3) is 1.71. The minimum absolute atomic E-state index is 0.433. The molecule has 0 fully saturated rings. The van der Waals surface area contributed by atoms with Crippen molar-refractivity contribution in [3.05, 3.63) is 43.0 Å². The first-order chi connectivity index (χ1) is 5.75. The SMILES string of the molecule is C=CC(=O)N(O)c1ccccc1. The summed E-state index contributed by atoms with van der Waals surface area (Å²) in [6, 6.07) is 8.52. The predicted molar refractivity (Wildman–Crippen MR) is 45.9 cm³/mol. The van der Waals surface area contributed by atoms with Crippen molar-refractivity contribution in [1.29, 1.82) is 0 Å². The first-order valence-electron chi connectivity index (χ1n) is 3.46. The molecular formula is C9H9NO2. The Morgan fingerprint density at radius 2 is 2.00 bits per heavy atom. The molecule has 0 heterocycles. The van der Waals surface area contributed by atoms with Gasteiger partial charge in [0.25, 0.3) is 5.91 Å². The fourth-order valence-corrected chi connectivity index (χ4v) is 0.783. The Morgan fingerprint density at radius 1 is 1.42 bits per heavy atom. The van der Waals surface area contributed by atoms with Crippen molar-refractivity contribution in [2.24, 2.45) is 0 Å². The van der Waals surface area contributed by atoms with E-state index >= 15 is 0 Å². The summed E-state index contributed by atoms with van der Waals surface area (Å²) in [5, 5.41) is 9.75. The van der Waals surface area contributed by atoms with E-state index in [0.29, 0.717) is 10.8 Å². The van der Waals surface area contributed by atoms with Crippen LogP contribution < -0.4 is 5.06 Å². The van der Waals surface area contributed by atoms with E-state index in [1.807, 2.05) is 0 Å². The van der Waals surface area contributed by atoms with Crippen LogP contribution in [0.15, 0.2) is 43.0 Å². The zero-order chi connectivity index (χ0) is 8.97. The second-order valence-electron chi connectivity index (χ2n) is 2.19. The summed E-state index contributed by atoms with van der Waals surface area (Å²) in [5.74, 6) is -0.541. The number of nitrogens with zero attached hydrogens (tertiary/aromatic N) is 1. The average molecular weight is 163 g/mol. The van der Waals surface area contributed by atoms with Gasteiger partial charge in [0.2, 0.25) is 0 Å². The Bertz CT molecular complexity index is 282. The summed E-state index contributed by atoms with van der Waals surface area (Å²) in [4.78, 5) is 10.9. The van der Waals surface area contributed by atoms with Gasteiger partial charge in [0.05, 0.1) is 5.69 Å². The molecule has 0 spiro atoms. The fourth-order valence-electron chi connectivity index (χ4n) is 0.783. The molecule has 0 aromatic heterocycles. The Hall–Kier alpha value is -1.61. The van der Waals surface area contributed by atoms with Crippen LogP contribution >= 0.6 is 0 Å². The predicted octanol–water partition coefficient (Wildman–Crippen LogP) is 1.59. The molecule has 1 rings (SSSR count). The van der Waals surface area contributed by atoms with Crippen molar-refractivity contribution in [3.8, 4) is 0 Å². The van der Waals surface area contributed by atoms with Crippen molar-refractivity contribution in [3.63, 3.8) is 0 Å². The average Bonchev–Trinajstić information content (AvgIpc) is 2.17. The Kier molecular flexibility index (Phi) is 2.61. The number of hydroxylamine groups is 1. The molecule has 0 aliphatic heterocycles. The maximum Gasteiger partial charge on any atom is 0.274 e. The third-order valence-electron chi connectivity index (χ3n) is 1.38. The summed E-state index contributed by atoms with van der Waals surface area (Å²) in [7, 11) is 0. The van der Waals surface area contributed by atoms with Crippen LogP contribution in [0, 0.1) is 0 Å². The van der Waals surface area contributed by atoms with Gasteiger partial charge in [0.15, 0.2) is 0 Å². The smallest absolute Gasteiger partial charge is 0.274 e. The topological polar surface area (TPSA) is 40.5 Å².